The monoisotopic (exact) mass is 590 g/mol. The molecule has 0 rings (SSSR count). The van der Waals surface area contributed by atoms with E-state index < -0.39 is 20.0 Å². The number of carbonyl (C=O) groups is 1. The van der Waals surface area contributed by atoms with E-state index in [0.717, 1.165) is 51.4 Å². The van der Waals surface area contributed by atoms with E-state index in [9.17, 15) is 19.4 Å². The zero-order valence-electron chi connectivity index (χ0n) is 26.5. The summed E-state index contributed by atoms with van der Waals surface area (Å²) < 4.78 is 22.8. The van der Waals surface area contributed by atoms with Gasteiger partial charge in [0.2, 0.25) is 5.91 Å². The lowest BCUT2D eigenvalue weighted by molar-refractivity contribution is -0.870. The molecule has 40 heavy (non-hydrogen) atoms. The Balaban J connectivity index is 4.56. The van der Waals surface area contributed by atoms with Gasteiger partial charge in [-0.3, -0.25) is 9.36 Å². The van der Waals surface area contributed by atoms with Crippen molar-refractivity contribution in [1.82, 2.24) is 5.32 Å². The number of hydrogen-bond donors (Lipinski definition) is 2. The lowest BCUT2D eigenvalue weighted by Crippen LogP contribution is -2.45. The van der Waals surface area contributed by atoms with E-state index in [2.05, 4.69) is 19.2 Å². The smallest absolute Gasteiger partial charge is 0.268 e. The van der Waals surface area contributed by atoms with Crippen molar-refractivity contribution in [2.75, 3.05) is 40.9 Å². The Kier molecular flexibility index (Phi) is 24.3. The zero-order valence-corrected chi connectivity index (χ0v) is 27.4. The fraction of sp³-hybridized carbons (Fsp3) is 0.903. The number of nitrogens with one attached hydrogen (secondary N) is 1. The summed E-state index contributed by atoms with van der Waals surface area (Å²) in [6.07, 6.45) is 22.8. The van der Waals surface area contributed by atoms with Crippen LogP contribution in [0.5, 0.6) is 0 Å². The van der Waals surface area contributed by atoms with Crippen LogP contribution >= 0.6 is 7.82 Å². The highest BCUT2D eigenvalue weighted by Crippen LogP contribution is 2.38. The summed E-state index contributed by atoms with van der Waals surface area (Å²) in [5, 5.41) is 13.5. The van der Waals surface area contributed by atoms with E-state index in [-0.39, 0.29) is 19.1 Å². The summed E-state index contributed by atoms with van der Waals surface area (Å²) >= 11 is 0. The summed E-state index contributed by atoms with van der Waals surface area (Å²) in [5.74, 6) is -0.213. The van der Waals surface area contributed by atoms with E-state index in [1.165, 1.54) is 57.8 Å². The van der Waals surface area contributed by atoms with Crippen LogP contribution in [0.15, 0.2) is 12.2 Å². The molecule has 0 spiro atoms. The van der Waals surface area contributed by atoms with Crippen LogP contribution in [-0.2, 0) is 18.4 Å². The standard InChI is InChI=1S/C31H63N2O6P/c1-6-8-10-12-13-14-15-16-17-18-19-21-22-24-30(34)29(32-31(35)25-23-20-11-9-7-2)28-39-40(36,37)38-27-26-33(3,4)5/h22,24,29-30,34H,6-21,23,25-28H2,1-5H3,(H-,32,35,36,37)/b24-22+/t29-,30+/m0/s1. The number of unbranched alkanes of at least 4 members (excludes halogenated alkanes) is 15. The van der Waals surface area contributed by atoms with Crippen molar-refractivity contribution in [3.63, 3.8) is 0 Å². The molecule has 0 saturated carbocycles. The van der Waals surface area contributed by atoms with Crippen LogP contribution in [-0.4, -0.2) is 68.5 Å². The van der Waals surface area contributed by atoms with Gasteiger partial charge in [0, 0.05) is 6.42 Å². The highest BCUT2D eigenvalue weighted by Gasteiger charge is 2.23. The topological polar surface area (TPSA) is 108 Å². The van der Waals surface area contributed by atoms with Crippen molar-refractivity contribution in [2.45, 2.75) is 142 Å². The number of phosphoric ester groups is 1. The Morgan fingerprint density at radius 1 is 0.850 bits per heavy atom. The average Bonchev–Trinajstić information content (AvgIpc) is 2.88. The number of amides is 1. The lowest BCUT2D eigenvalue weighted by atomic mass is 10.0. The Hall–Kier alpha value is -0.760. The Morgan fingerprint density at radius 2 is 1.35 bits per heavy atom. The number of hydrogen-bond acceptors (Lipinski definition) is 6. The maximum absolute atomic E-state index is 12.5. The summed E-state index contributed by atoms with van der Waals surface area (Å²) in [6, 6.07) is -0.874. The Bertz CT molecular complexity index is 683. The van der Waals surface area contributed by atoms with Gasteiger partial charge >= 0.3 is 0 Å². The fourth-order valence-corrected chi connectivity index (χ4v) is 5.05. The molecule has 1 unspecified atom stereocenters. The molecule has 0 bridgehead atoms. The van der Waals surface area contributed by atoms with Gasteiger partial charge in [-0.15, -0.1) is 0 Å². The second-order valence-corrected chi connectivity index (χ2v) is 13.6. The Morgan fingerprint density at radius 3 is 1.88 bits per heavy atom. The van der Waals surface area contributed by atoms with Gasteiger partial charge in [-0.05, 0) is 19.3 Å². The third kappa shape index (κ3) is 26.2. The first-order valence-corrected chi connectivity index (χ1v) is 17.5. The van der Waals surface area contributed by atoms with Crippen molar-refractivity contribution in [3.8, 4) is 0 Å². The third-order valence-corrected chi connectivity index (χ3v) is 7.96. The van der Waals surface area contributed by atoms with Gasteiger partial charge in [0.1, 0.15) is 13.2 Å². The van der Waals surface area contributed by atoms with Gasteiger partial charge in [0.05, 0.1) is 39.9 Å². The van der Waals surface area contributed by atoms with Gasteiger partial charge in [0.25, 0.3) is 7.82 Å². The first kappa shape index (κ1) is 39.2. The number of nitrogens with zero attached hydrogens (tertiary/aromatic N) is 1. The highest BCUT2D eigenvalue weighted by atomic mass is 31.2. The first-order valence-electron chi connectivity index (χ1n) is 16.1. The van der Waals surface area contributed by atoms with Gasteiger partial charge in [0.15, 0.2) is 0 Å². The third-order valence-electron chi connectivity index (χ3n) is 7.00. The average molecular weight is 591 g/mol. The molecule has 0 aromatic heterocycles. The Labute approximate surface area is 246 Å². The fourth-order valence-electron chi connectivity index (χ4n) is 4.33. The molecule has 2 N–H and O–H groups in total. The predicted molar refractivity (Wildman–Crippen MR) is 164 cm³/mol. The number of aliphatic hydroxyl groups excluding tert-OH is 1. The summed E-state index contributed by atoms with van der Waals surface area (Å²) in [6.45, 7) is 4.51. The number of carbonyl (C=O) groups excluding carboxylic acids is 1. The first-order chi connectivity index (χ1) is 19.0. The number of quaternary nitrogens is 1. The maximum atomic E-state index is 12.5. The van der Waals surface area contributed by atoms with Crippen molar-refractivity contribution in [1.29, 1.82) is 0 Å². The maximum Gasteiger partial charge on any atom is 0.268 e. The molecule has 0 radical (unpaired) electrons. The van der Waals surface area contributed by atoms with Crippen molar-refractivity contribution in [2.24, 2.45) is 0 Å². The van der Waals surface area contributed by atoms with Crippen LogP contribution in [0.3, 0.4) is 0 Å². The van der Waals surface area contributed by atoms with Crippen molar-refractivity contribution >= 4 is 13.7 Å². The SMILES string of the molecule is CCCCCCCCCCCCC/C=C/[C@@H](O)[C@H](COP(=O)([O-])OCC[N+](C)(C)C)NC(=O)CCCCCCC. The normalized spacial score (nSPS) is 15.3. The molecule has 0 heterocycles. The molecule has 9 heteroatoms. The van der Waals surface area contributed by atoms with Gasteiger partial charge in [-0.1, -0.05) is 116 Å². The zero-order chi connectivity index (χ0) is 30.1. The largest absolute Gasteiger partial charge is 0.756 e. The predicted octanol–water partition coefficient (Wildman–Crippen LogP) is 6.66. The summed E-state index contributed by atoms with van der Waals surface area (Å²) in [7, 11) is 1.26. The van der Waals surface area contributed by atoms with Crippen LogP contribution in [0.2, 0.25) is 0 Å². The minimum absolute atomic E-state index is 0.000475. The van der Waals surface area contributed by atoms with Crippen LogP contribution in [0.1, 0.15) is 129 Å². The highest BCUT2D eigenvalue weighted by molar-refractivity contribution is 7.45. The van der Waals surface area contributed by atoms with E-state index in [1.54, 1.807) is 6.08 Å². The summed E-state index contributed by atoms with van der Waals surface area (Å²) in [5.41, 5.74) is 0. The van der Waals surface area contributed by atoms with Gasteiger partial charge < -0.3 is 28.8 Å². The minimum Gasteiger partial charge on any atom is -0.756 e. The second kappa shape index (κ2) is 24.8. The molecule has 238 valence electrons. The van der Waals surface area contributed by atoms with Crippen LogP contribution in [0, 0.1) is 0 Å². The molecule has 8 nitrogen and oxygen atoms in total. The van der Waals surface area contributed by atoms with Crippen LogP contribution < -0.4 is 10.2 Å². The van der Waals surface area contributed by atoms with Crippen LogP contribution in [0.4, 0.5) is 0 Å². The molecule has 0 aromatic carbocycles. The van der Waals surface area contributed by atoms with Crippen LogP contribution in [0.25, 0.3) is 0 Å². The molecule has 0 fully saturated rings. The van der Waals surface area contributed by atoms with E-state index >= 15 is 0 Å². The second-order valence-electron chi connectivity index (χ2n) is 12.2. The van der Waals surface area contributed by atoms with E-state index in [1.807, 2.05) is 27.2 Å². The van der Waals surface area contributed by atoms with Gasteiger partial charge in [-0.25, -0.2) is 0 Å². The molecule has 0 aliphatic carbocycles. The molecule has 0 aliphatic rings. The lowest BCUT2D eigenvalue weighted by Gasteiger charge is -2.29. The number of allylic oxidation sites excluding steroid dienone is 1. The van der Waals surface area contributed by atoms with Gasteiger partial charge in [-0.2, -0.15) is 0 Å². The van der Waals surface area contributed by atoms with E-state index in [4.69, 9.17) is 9.05 Å². The number of aliphatic hydroxyl groups is 1. The molecular weight excluding hydrogens is 527 g/mol. The number of likely N-dealkylation sites (N-methyl/N-ethyl adjacent to an activating group) is 1. The van der Waals surface area contributed by atoms with E-state index in [0.29, 0.717) is 17.4 Å². The molecular formula is C31H63N2O6P. The number of phosphoric acid groups is 1. The molecule has 3 atom stereocenters. The number of rotatable bonds is 28. The molecule has 1 amide bonds. The molecule has 0 aliphatic heterocycles. The van der Waals surface area contributed by atoms with Crippen molar-refractivity contribution < 1.29 is 32.9 Å². The minimum atomic E-state index is -4.56. The quantitative estimate of drug-likeness (QED) is 0.0457. The summed E-state index contributed by atoms with van der Waals surface area (Å²) in [4.78, 5) is 24.8. The van der Waals surface area contributed by atoms with Crippen molar-refractivity contribution in [3.05, 3.63) is 12.2 Å². The molecule has 0 aromatic rings. The molecule has 0 saturated heterocycles.